The molecule has 1 fully saturated rings. The summed E-state index contributed by atoms with van der Waals surface area (Å²) in [4.78, 5) is 27.2. The van der Waals surface area contributed by atoms with Gasteiger partial charge in [0.25, 0.3) is 0 Å². The Morgan fingerprint density at radius 1 is 0.860 bits per heavy atom. The van der Waals surface area contributed by atoms with Crippen molar-refractivity contribution in [3.8, 4) is 16.9 Å². The van der Waals surface area contributed by atoms with Crippen molar-refractivity contribution >= 4 is 17.6 Å². The molecule has 3 N–H and O–H groups in total. The van der Waals surface area contributed by atoms with Gasteiger partial charge in [0.2, 0.25) is 0 Å². The fourth-order valence-electron chi connectivity index (χ4n) is 5.50. The van der Waals surface area contributed by atoms with Gasteiger partial charge in [-0.25, -0.2) is 9.18 Å². The Morgan fingerprint density at radius 3 is 2.30 bits per heavy atom. The van der Waals surface area contributed by atoms with Gasteiger partial charge < -0.3 is 20.1 Å². The molecule has 4 rings (SSSR count). The lowest BCUT2D eigenvalue weighted by molar-refractivity contribution is 0.0584. The highest BCUT2D eigenvalue weighted by atomic mass is 19.1. The Bertz CT molecular complexity index is 1300. The standard InChI is InChI=1S/C35H44FN3O4/c36-28-17-18-33(40)31(25-28)34(41)26-37-21-11-4-2-1-3-5-12-22-39-23-19-29(20-24-39)43-35(42)38-32-16-10-9-15-30(32)27-13-7-6-8-14-27/h6-10,13-18,25,29,37,40H,1-5,11-12,19-24,26H2,(H,38,42). The number of carbonyl (C=O) groups is 2. The first-order valence-corrected chi connectivity index (χ1v) is 15.6. The van der Waals surface area contributed by atoms with E-state index in [0.717, 1.165) is 80.8 Å². The molecule has 43 heavy (non-hydrogen) atoms. The van der Waals surface area contributed by atoms with E-state index in [9.17, 15) is 19.1 Å². The molecule has 0 unspecified atom stereocenters. The Labute approximate surface area is 254 Å². The number of aromatic hydroxyl groups is 1. The molecule has 3 aromatic rings. The summed E-state index contributed by atoms with van der Waals surface area (Å²) < 4.78 is 19.1. The van der Waals surface area contributed by atoms with E-state index >= 15 is 0 Å². The zero-order chi connectivity index (χ0) is 30.3. The van der Waals surface area contributed by atoms with Crippen molar-refractivity contribution in [3.63, 3.8) is 0 Å². The van der Waals surface area contributed by atoms with Gasteiger partial charge in [-0.15, -0.1) is 0 Å². The Kier molecular flexibility index (Phi) is 13.0. The number of anilines is 1. The van der Waals surface area contributed by atoms with Gasteiger partial charge in [-0.05, 0) is 68.6 Å². The monoisotopic (exact) mass is 589 g/mol. The largest absolute Gasteiger partial charge is 0.507 e. The third kappa shape index (κ3) is 10.8. The van der Waals surface area contributed by atoms with Crippen LogP contribution in [0.1, 0.15) is 68.1 Å². The molecule has 0 spiro atoms. The van der Waals surface area contributed by atoms with Crippen LogP contribution in [0.5, 0.6) is 5.75 Å². The summed E-state index contributed by atoms with van der Waals surface area (Å²) in [5.74, 6) is -1.02. The molecular formula is C35H44FN3O4. The highest BCUT2D eigenvalue weighted by molar-refractivity contribution is 6.00. The third-order valence-electron chi connectivity index (χ3n) is 7.93. The van der Waals surface area contributed by atoms with Crippen LogP contribution in [0.4, 0.5) is 14.9 Å². The van der Waals surface area contributed by atoms with E-state index in [1.54, 1.807) is 0 Å². The van der Waals surface area contributed by atoms with Crippen LogP contribution >= 0.6 is 0 Å². The third-order valence-corrected chi connectivity index (χ3v) is 7.93. The number of hydrogen-bond donors (Lipinski definition) is 3. The van der Waals surface area contributed by atoms with Crippen LogP contribution in [0.2, 0.25) is 0 Å². The van der Waals surface area contributed by atoms with Gasteiger partial charge in [-0.2, -0.15) is 0 Å². The van der Waals surface area contributed by atoms with Gasteiger partial charge >= 0.3 is 6.09 Å². The van der Waals surface area contributed by atoms with Gasteiger partial charge in [0.1, 0.15) is 17.7 Å². The number of piperidine rings is 1. The molecule has 1 aliphatic rings. The number of amides is 1. The Hall–Kier alpha value is -3.75. The molecule has 1 amide bonds. The zero-order valence-corrected chi connectivity index (χ0v) is 24.9. The maximum Gasteiger partial charge on any atom is 0.411 e. The molecule has 0 aromatic heterocycles. The highest BCUT2D eigenvalue weighted by Crippen LogP contribution is 2.28. The van der Waals surface area contributed by atoms with E-state index < -0.39 is 11.9 Å². The van der Waals surface area contributed by atoms with Crippen molar-refractivity contribution in [3.05, 3.63) is 84.2 Å². The molecule has 7 nitrogen and oxygen atoms in total. The summed E-state index contributed by atoms with van der Waals surface area (Å²) in [5.41, 5.74) is 2.80. The van der Waals surface area contributed by atoms with Crippen molar-refractivity contribution in [1.82, 2.24) is 10.2 Å². The number of unbranched alkanes of at least 4 members (excludes halogenated alkanes) is 6. The summed E-state index contributed by atoms with van der Waals surface area (Å²) in [7, 11) is 0. The van der Waals surface area contributed by atoms with Crippen LogP contribution in [0, 0.1) is 5.82 Å². The second-order valence-electron chi connectivity index (χ2n) is 11.2. The van der Waals surface area contributed by atoms with E-state index in [-0.39, 0.29) is 29.7 Å². The first-order valence-electron chi connectivity index (χ1n) is 15.6. The van der Waals surface area contributed by atoms with E-state index in [1.165, 1.54) is 38.2 Å². The lowest BCUT2D eigenvalue weighted by Gasteiger charge is -2.31. The second kappa shape index (κ2) is 17.4. The summed E-state index contributed by atoms with van der Waals surface area (Å²) in [5, 5.41) is 15.8. The second-order valence-corrected chi connectivity index (χ2v) is 11.2. The number of nitrogens with one attached hydrogen (secondary N) is 2. The van der Waals surface area contributed by atoms with Gasteiger partial charge in [-0.1, -0.05) is 80.6 Å². The normalized spacial score (nSPS) is 14.0. The van der Waals surface area contributed by atoms with E-state index in [2.05, 4.69) is 15.5 Å². The number of para-hydroxylation sites is 1. The van der Waals surface area contributed by atoms with Crippen molar-refractivity contribution in [2.24, 2.45) is 0 Å². The fourth-order valence-corrected chi connectivity index (χ4v) is 5.50. The summed E-state index contributed by atoms with van der Waals surface area (Å²) >= 11 is 0. The van der Waals surface area contributed by atoms with Gasteiger partial charge in [0, 0.05) is 18.7 Å². The minimum atomic E-state index is -0.529. The molecule has 1 heterocycles. The van der Waals surface area contributed by atoms with Crippen molar-refractivity contribution in [2.75, 3.05) is 38.0 Å². The summed E-state index contributed by atoms with van der Waals surface area (Å²) in [6.07, 6.45) is 9.33. The average molecular weight is 590 g/mol. The number of halogens is 1. The summed E-state index contributed by atoms with van der Waals surface area (Å²) in [6.45, 7) is 3.81. The number of nitrogens with zero attached hydrogens (tertiary/aromatic N) is 1. The number of benzene rings is 3. The maximum absolute atomic E-state index is 13.3. The molecule has 0 aliphatic carbocycles. The SMILES string of the molecule is O=C(Nc1ccccc1-c1ccccc1)OC1CCN(CCCCCCCCCNCC(=O)c2cc(F)ccc2O)CC1. The molecule has 0 atom stereocenters. The van der Waals surface area contributed by atoms with E-state index in [0.29, 0.717) is 0 Å². The predicted octanol–water partition coefficient (Wildman–Crippen LogP) is 7.41. The molecule has 3 aromatic carbocycles. The lowest BCUT2D eigenvalue weighted by Crippen LogP contribution is -2.38. The smallest absolute Gasteiger partial charge is 0.411 e. The van der Waals surface area contributed by atoms with E-state index in [1.807, 2.05) is 54.6 Å². The number of ketones is 1. The van der Waals surface area contributed by atoms with Crippen LogP contribution in [-0.4, -0.2) is 60.7 Å². The van der Waals surface area contributed by atoms with Crippen LogP contribution in [0.25, 0.3) is 11.1 Å². The van der Waals surface area contributed by atoms with Gasteiger partial charge in [0.05, 0.1) is 17.8 Å². The van der Waals surface area contributed by atoms with Crippen molar-refractivity contribution < 1.29 is 23.8 Å². The molecule has 8 heteroatoms. The van der Waals surface area contributed by atoms with E-state index in [4.69, 9.17) is 4.74 Å². The molecule has 1 saturated heterocycles. The lowest BCUT2D eigenvalue weighted by atomic mass is 10.0. The van der Waals surface area contributed by atoms with Crippen molar-refractivity contribution in [1.29, 1.82) is 0 Å². The maximum atomic E-state index is 13.3. The molecular weight excluding hydrogens is 545 g/mol. The molecule has 0 radical (unpaired) electrons. The first-order chi connectivity index (χ1) is 21.0. The number of ether oxygens (including phenoxy) is 1. The molecule has 230 valence electrons. The number of phenols is 1. The van der Waals surface area contributed by atoms with Crippen molar-refractivity contribution in [2.45, 2.75) is 63.9 Å². The van der Waals surface area contributed by atoms with Crippen LogP contribution in [0.15, 0.2) is 72.8 Å². The molecule has 1 aliphatic heterocycles. The number of rotatable bonds is 16. The first kappa shape index (κ1) is 32.2. The minimum absolute atomic E-state index is 0.0225. The molecule has 0 bridgehead atoms. The van der Waals surface area contributed by atoms with Crippen LogP contribution in [0.3, 0.4) is 0 Å². The number of hydrogen-bond acceptors (Lipinski definition) is 6. The van der Waals surface area contributed by atoms with Gasteiger partial charge in [-0.3, -0.25) is 10.1 Å². The number of phenolic OH excluding ortho intramolecular Hbond substituents is 1. The Morgan fingerprint density at radius 2 is 1.53 bits per heavy atom. The quantitative estimate of drug-likeness (QED) is 0.119. The Balaban J connectivity index is 0.993. The fraction of sp³-hybridized carbons (Fsp3) is 0.429. The number of likely N-dealkylation sites (tertiary alicyclic amines) is 1. The topological polar surface area (TPSA) is 90.9 Å². The van der Waals surface area contributed by atoms with Crippen LogP contribution in [-0.2, 0) is 4.74 Å². The zero-order valence-electron chi connectivity index (χ0n) is 24.9. The number of Topliss-reactive ketones (excluding diaryl/α,β-unsaturated/α-hetero) is 1. The number of carbonyl (C=O) groups excluding carboxylic acids is 2. The summed E-state index contributed by atoms with van der Waals surface area (Å²) in [6, 6.07) is 21.2. The highest BCUT2D eigenvalue weighted by Gasteiger charge is 2.22. The average Bonchev–Trinajstić information content (AvgIpc) is 3.02. The van der Waals surface area contributed by atoms with Crippen LogP contribution < -0.4 is 10.6 Å². The predicted molar refractivity (Wildman–Crippen MR) is 169 cm³/mol. The molecule has 0 saturated carbocycles. The minimum Gasteiger partial charge on any atom is -0.507 e. The van der Waals surface area contributed by atoms with Gasteiger partial charge in [0.15, 0.2) is 5.78 Å².